The van der Waals surface area contributed by atoms with Crippen molar-refractivity contribution in [2.24, 2.45) is 0 Å². The van der Waals surface area contributed by atoms with E-state index in [4.69, 9.17) is 23.9 Å². The molecule has 0 radical (unpaired) electrons. The molecule has 2 saturated heterocycles. The van der Waals surface area contributed by atoms with Gasteiger partial charge in [-0.15, -0.1) is 0 Å². The molecule has 2 atom stereocenters. The Morgan fingerprint density at radius 3 is 2.21 bits per heavy atom. The maximum atomic E-state index is 14.1. The van der Waals surface area contributed by atoms with Gasteiger partial charge in [-0.1, -0.05) is 30.3 Å². The summed E-state index contributed by atoms with van der Waals surface area (Å²) in [4.78, 5) is 79.6. The zero-order chi connectivity index (χ0) is 51.7. The summed E-state index contributed by atoms with van der Waals surface area (Å²) in [6.45, 7) is 11.6. The Morgan fingerprint density at radius 1 is 0.699 bits per heavy atom. The highest BCUT2D eigenvalue weighted by atomic mass is 16.6. The van der Waals surface area contributed by atoms with E-state index in [1.54, 1.807) is 66.5 Å². The Bertz CT molecular complexity index is 2510. The molecule has 4 aromatic rings. The third-order valence-corrected chi connectivity index (χ3v) is 13.6. The van der Waals surface area contributed by atoms with Gasteiger partial charge in [-0.3, -0.25) is 33.9 Å². The van der Waals surface area contributed by atoms with Gasteiger partial charge in [0.25, 0.3) is 17.7 Å². The normalized spacial score (nSPS) is 16.9. The quantitative estimate of drug-likeness (QED) is 0.0553. The van der Waals surface area contributed by atoms with E-state index in [0.717, 1.165) is 75.8 Å². The van der Waals surface area contributed by atoms with Crippen LogP contribution in [0.3, 0.4) is 0 Å². The molecule has 16 heteroatoms. The number of piperidine rings is 1. The van der Waals surface area contributed by atoms with Gasteiger partial charge in [0.2, 0.25) is 5.91 Å². The zero-order valence-corrected chi connectivity index (χ0v) is 43.5. The number of fused-ring (bicyclic) bond motifs is 1. The largest absolute Gasteiger partial charge is 0.460 e. The number of carbonyl (C=O) groups excluding carboxylic acids is 5. The van der Waals surface area contributed by atoms with Crippen LogP contribution in [0, 0.1) is 0 Å². The molecular formula is C57H75N7O9. The van der Waals surface area contributed by atoms with Crippen molar-refractivity contribution in [3.8, 4) is 11.3 Å². The number of rotatable bonds is 23. The predicted molar refractivity (Wildman–Crippen MR) is 282 cm³/mol. The SMILES string of the molecule is CN(CCN1CCCC1C(=O)N(C)CCOCCOCCOCCC(=O)OC(C)(C)C)C(=O)c1cccc(C(=O)Nc2ccc(N3CCCCC3)cc2-c2cc(C(=O)NC3CCCc4ccccc43)ccn2)c1. The van der Waals surface area contributed by atoms with Crippen molar-refractivity contribution < 1.29 is 42.9 Å². The van der Waals surface area contributed by atoms with Crippen molar-refractivity contribution in [1.82, 2.24) is 25.0 Å². The first-order valence-electron chi connectivity index (χ1n) is 26.1. The lowest BCUT2D eigenvalue weighted by molar-refractivity contribution is -0.156. The zero-order valence-electron chi connectivity index (χ0n) is 43.5. The molecule has 4 amide bonds. The molecule has 7 rings (SSSR count). The number of ether oxygens (including phenoxy) is 4. The van der Waals surface area contributed by atoms with Crippen LogP contribution in [0.1, 0.15) is 120 Å². The molecule has 1 aromatic heterocycles. The van der Waals surface area contributed by atoms with E-state index in [1.807, 2.05) is 51.1 Å². The summed E-state index contributed by atoms with van der Waals surface area (Å²) < 4.78 is 22.0. The van der Waals surface area contributed by atoms with E-state index in [-0.39, 0.29) is 54.7 Å². The Hall–Kier alpha value is -6.20. The molecule has 0 saturated carbocycles. The number of anilines is 2. The second-order valence-corrected chi connectivity index (χ2v) is 20.2. The summed E-state index contributed by atoms with van der Waals surface area (Å²) in [6.07, 6.45) is 9.72. The minimum atomic E-state index is -0.514. The fraction of sp³-hybridized carbons (Fsp3) is 0.509. The molecular weight excluding hydrogens is 927 g/mol. The molecule has 3 aromatic carbocycles. The van der Waals surface area contributed by atoms with Crippen LogP contribution >= 0.6 is 0 Å². The van der Waals surface area contributed by atoms with E-state index in [1.165, 1.54) is 12.0 Å². The molecule has 0 spiro atoms. The maximum Gasteiger partial charge on any atom is 0.308 e. The van der Waals surface area contributed by atoms with Crippen LogP contribution in [0.5, 0.6) is 0 Å². The van der Waals surface area contributed by atoms with E-state index >= 15 is 0 Å². The lowest BCUT2D eigenvalue weighted by Crippen LogP contribution is -2.47. The fourth-order valence-corrected chi connectivity index (χ4v) is 9.68. The van der Waals surface area contributed by atoms with Gasteiger partial charge in [0.1, 0.15) is 5.60 Å². The van der Waals surface area contributed by atoms with Crippen LogP contribution in [-0.2, 0) is 35.0 Å². The number of nitrogens with zero attached hydrogens (tertiary/aromatic N) is 5. The highest BCUT2D eigenvalue weighted by Crippen LogP contribution is 2.34. The molecule has 16 nitrogen and oxygen atoms in total. The number of pyridine rings is 1. The minimum Gasteiger partial charge on any atom is -0.460 e. The van der Waals surface area contributed by atoms with Crippen molar-refractivity contribution in [3.63, 3.8) is 0 Å². The number of hydrogen-bond acceptors (Lipinski definition) is 12. The maximum absolute atomic E-state index is 14.1. The van der Waals surface area contributed by atoms with E-state index in [9.17, 15) is 24.0 Å². The Balaban J connectivity index is 0.895. The molecule has 2 unspecified atom stereocenters. The number of nitrogens with one attached hydrogen (secondary N) is 2. The molecule has 392 valence electrons. The lowest BCUT2D eigenvalue weighted by Gasteiger charge is -2.29. The van der Waals surface area contributed by atoms with Gasteiger partial charge in [-0.05, 0) is 138 Å². The van der Waals surface area contributed by atoms with Crippen LogP contribution < -0.4 is 15.5 Å². The highest BCUT2D eigenvalue weighted by molar-refractivity contribution is 6.08. The van der Waals surface area contributed by atoms with Crippen LogP contribution in [0.15, 0.2) is 85.1 Å². The summed E-state index contributed by atoms with van der Waals surface area (Å²) in [5.74, 6) is -1.07. The third-order valence-electron chi connectivity index (χ3n) is 13.6. The molecule has 0 bridgehead atoms. The van der Waals surface area contributed by atoms with Gasteiger partial charge in [-0.25, -0.2) is 0 Å². The summed E-state index contributed by atoms with van der Waals surface area (Å²) >= 11 is 0. The van der Waals surface area contributed by atoms with Gasteiger partial charge in [-0.2, -0.15) is 0 Å². The minimum absolute atomic E-state index is 0.0213. The van der Waals surface area contributed by atoms with E-state index < -0.39 is 5.60 Å². The average molecular weight is 1000 g/mol. The number of aryl methyl sites for hydroxylation is 1. The summed E-state index contributed by atoms with van der Waals surface area (Å²) in [5.41, 5.74) is 5.91. The second-order valence-electron chi connectivity index (χ2n) is 20.2. The number of carbonyl (C=O) groups is 5. The number of amides is 4. The molecule has 73 heavy (non-hydrogen) atoms. The van der Waals surface area contributed by atoms with Gasteiger partial charge in [0.15, 0.2) is 0 Å². The third kappa shape index (κ3) is 15.9. The monoisotopic (exact) mass is 1000 g/mol. The number of benzene rings is 3. The molecule has 2 N–H and O–H groups in total. The van der Waals surface area contributed by atoms with Crippen LogP contribution in [0.4, 0.5) is 11.4 Å². The van der Waals surface area contributed by atoms with Crippen molar-refractivity contribution in [3.05, 3.63) is 113 Å². The summed E-state index contributed by atoms with van der Waals surface area (Å²) in [5, 5.41) is 6.38. The molecule has 1 aliphatic carbocycles. The van der Waals surface area contributed by atoms with Crippen molar-refractivity contribution in [2.75, 3.05) is 103 Å². The standard InChI is InChI=1S/C57H75N7O9/c1-57(2,3)73-52(65)24-32-70-34-36-72-37-35-71-33-31-62(5)56(69)51-20-13-28-64(51)30-29-61(4)55(68)44-17-11-16-42(38-44)53(66)60-49-22-21-45(63-26-9-6-10-27-63)40-47(49)50-39-43(23-25-58-50)54(67)59-48-19-12-15-41-14-7-8-18-46(41)48/h7-8,11,14,16-18,21-23,25,38-40,48,51H,6,9-10,12-13,15,19-20,24,26-37H2,1-5H3,(H,59,67)(H,60,66). The predicted octanol–water partition coefficient (Wildman–Crippen LogP) is 7.58. The number of likely N-dealkylation sites (N-methyl/N-ethyl adjacent to an activating group) is 2. The van der Waals surface area contributed by atoms with Crippen LogP contribution in [0.25, 0.3) is 11.3 Å². The smallest absolute Gasteiger partial charge is 0.308 e. The first-order chi connectivity index (χ1) is 35.2. The van der Waals surface area contributed by atoms with Gasteiger partial charge >= 0.3 is 5.97 Å². The Labute approximate surface area is 431 Å². The van der Waals surface area contributed by atoms with E-state index in [0.29, 0.717) is 86.3 Å². The lowest BCUT2D eigenvalue weighted by atomic mass is 9.87. The van der Waals surface area contributed by atoms with Crippen molar-refractivity contribution >= 4 is 41.0 Å². The van der Waals surface area contributed by atoms with Crippen molar-refractivity contribution in [1.29, 1.82) is 0 Å². The number of hydrogen-bond donors (Lipinski definition) is 2. The van der Waals surface area contributed by atoms with E-state index in [2.05, 4.69) is 32.6 Å². The Morgan fingerprint density at radius 2 is 1.42 bits per heavy atom. The fourth-order valence-electron chi connectivity index (χ4n) is 9.68. The van der Waals surface area contributed by atoms with Crippen molar-refractivity contribution in [2.45, 2.75) is 96.2 Å². The van der Waals surface area contributed by atoms with Gasteiger partial charge in [0, 0.05) is 81.0 Å². The van der Waals surface area contributed by atoms with Gasteiger partial charge in [0.05, 0.1) is 69.5 Å². The number of esters is 1. The molecule has 3 aliphatic rings. The molecule has 2 fully saturated rings. The second kappa shape index (κ2) is 26.7. The number of aromatic nitrogens is 1. The first-order valence-corrected chi connectivity index (χ1v) is 26.1. The van der Waals surface area contributed by atoms with Gasteiger partial charge < -0.3 is 44.3 Å². The van der Waals surface area contributed by atoms with Crippen LogP contribution in [0.2, 0.25) is 0 Å². The number of likely N-dealkylation sites (tertiary alicyclic amines) is 1. The first kappa shape index (κ1) is 54.6. The molecule has 3 heterocycles. The molecule has 2 aliphatic heterocycles. The Kier molecular flexibility index (Phi) is 19.9. The summed E-state index contributed by atoms with van der Waals surface area (Å²) in [6, 6.07) is 24.1. The highest BCUT2D eigenvalue weighted by Gasteiger charge is 2.33. The topological polar surface area (TPSA) is 172 Å². The summed E-state index contributed by atoms with van der Waals surface area (Å²) in [7, 11) is 3.52. The van der Waals surface area contributed by atoms with Crippen LogP contribution in [-0.4, -0.2) is 154 Å². The average Bonchev–Trinajstić information content (AvgIpc) is 3.87.